The molecule has 1 heterocycles. The van der Waals surface area contributed by atoms with Crippen LogP contribution in [0.1, 0.15) is 38.5 Å². The average molecular weight is 289 g/mol. The van der Waals surface area contributed by atoms with E-state index >= 15 is 0 Å². The van der Waals surface area contributed by atoms with E-state index in [0.29, 0.717) is 17.4 Å². The topological polar surface area (TPSA) is 99.1 Å². The van der Waals surface area contributed by atoms with Crippen LogP contribution in [-0.2, 0) is 0 Å². The number of methoxy groups -OCH3 is 1. The minimum absolute atomic E-state index is 0.147. The number of rotatable bonds is 3. The highest BCUT2D eigenvalue weighted by atomic mass is 16.5. The van der Waals surface area contributed by atoms with Gasteiger partial charge in [0.25, 0.3) is 0 Å². The molecule has 0 radical (unpaired) electrons. The van der Waals surface area contributed by atoms with Gasteiger partial charge in [0, 0.05) is 5.54 Å². The van der Waals surface area contributed by atoms with E-state index in [-0.39, 0.29) is 11.5 Å². The van der Waals surface area contributed by atoms with Crippen LogP contribution in [0.15, 0.2) is 0 Å². The van der Waals surface area contributed by atoms with Crippen molar-refractivity contribution in [3.8, 4) is 5.88 Å². The fourth-order valence-electron chi connectivity index (χ4n) is 5.23. The van der Waals surface area contributed by atoms with Crippen LogP contribution in [0.3, 0.4) is 0 Å². The Bertz CT molecular complexity index is 538. The molecule has 4 bridgehead atoms. The van der Waals surface area contributed by atoms with Gasteiger partial charge in [-0.2, -0.15) is 9.97 Å². The van der Waals surface area contributed by atoms with Crippen molar-refractivity contribution in [2.24, 2.45) is 17.8 Å². The molecule has 4 fully saturated rings. The van der Waals surface area contributed by atoms with E-state index in [1.54, 1.807) is 7.11 Å². The molecule has 5 N–H and O–H groups in total. The predicted molar refractivity (Wildman–Crippen MR) is 81.9 cm³/mol. The molecule has 114 valence electrons. The molecule has 0 atom stereocenters. The molecule has 1 aromatic heterocycles. The quantitative estimate of drug-likeness (QED) is 0.787. The van der Waals surface area contributed by atoms with Crippen LogP contribution in [-0.4, -0.2) is 22.6 Å². The monoisotopic (exact) mass is 289 g/mol. The van der Waals surface area contributed by atoms with Crippen molar-refractivity contribution in [2.45, 2.75) is 44.1 Å². The van der Waals surface area contributed by atoms with Crippen LogP contribution in [0.5, 0.6) is 5.88 Å². The summed E-state index contributed by atoms with van der Waals surface area (Å²) in [4.78, 5) is 8.33. The molecule has 1 aromatic rings. The van der Waals surface area contributed by atoms with Gasteiger partial charge < -0.3 is 21.5 Å². The lowest BCUT2D eigenvalue weighted by Gasteiger charge is -2.57. The van der Waals surface area contributed by atoms with Gasteiger partial charge in [-0.1, -0.05) is 0 Å². The highest BCUT2D eigenvalue weighted by Gasteiger charge is 2.51. The van der Waals surface area contributed by atoms with Crippen LogP contribution in [0.25, 0.3) is 0 Å². The Kier molecular flexibility index (Phi) is 2.71. The number of nitrogens with zero attached hydrogens (tertiary/aromatic N) is 2. The standard InChI is InChI=1S/C15H23N5O/c1-21-13-11(16)12(18-14(17)19-13)20-15-5-8-2-9(6-15)4-10(3-8)7-15/h8-10H,2-7,16H2,1H3,(H3,17,18,19,20). The molecule has 4 saturated carbocycles. The molecule has 0 unspecified atom stereocenters. The third-order valence-electron chi connectivity index (χ3n) is 5.54. The Labute approximate surface area is 124 Å². The van der Waals surface area contributed by atoms with Crippen LogP contribution in [0, 0.1) is 17.8 Å². The normalized spacial score (nSPS) is 36.7. The summed E-state index contributed by atoms with van der Waals surface area (Å²) in [7, 11) is 1.55. The summed E-state index contributed by atoms with van der Waals surface area (Å²) in [6, 6.07) is 0. The van der Waals surface area contributed by atoms with E-state index in [4.69, 9.17) is 16.2 Å². The van der Waals surface area contributed by atoms with E-state index in [2.05, 4.69) is 15.3 Å². The molecule has 0 amide bonds. The third-order valence-corrected chi connectivity index (χ3v) is 5.54. The fourth-order valence-corrected chi connectivity index (χ4v) is 5.23. The number of nitrogens with one attached hydrogen (secondary N) is 1. The molecule has 21 heavy (non-hydrogen) atoms. The van der Waals surface area contributed by atoms with Crippen molar-refractivity contribution in [3.63, 3.8) is 0 Å². The first kappa shape index (κ1) is 13.0. The molecule has 5 rings (SSSR count). The molecule has 4 aliphatic carbocycles. The second-order valence-electron chi connectivity index (χ2n) is 7.18. The van der Waals surface area contributed by atoms with E-state index in [1.807, 2.05) is 0 Å². The molecule has 6 nitrogen and oxygen atoms in total. The predicted octanol–water partition coefficient (Wildman–Crippen LogP) is 2.03. The van der Waals surface area contributed by atoms with Gasteiger partial charge in [-0.3, -0.25) is 0 Å². The van der Waals surface area contributed by atoms with Crippen molar-refractivity contribution in [2.75, 3.05) is 23.9 Å². The lowest BCUT2D eigenvalue weighted by molar-refractivity contribution is 0.0106. The summed E-state index contributed by atoms with van der Waals surface area (Å²) in [5, 5.41) is 3.63. The molecule has 0 aromatic carbocycles. The summed E-state index contributed by atoms with van der Waals surface area (Å²) in [6.45, 7) is 0. The van der Waals surface area contributed by atoms with Crippen molar-refractivity contribution in [1.29, 1.82) is 0 Å². The number of hydrogen-bond acceptors (Lipinski definition) is 6. The van der Waals surface area contributed by atoms with Gasteiger partial charge in [0.15, 0.2) is 5.82 Å². The minimum Gasteiger partial charge on any atom is -0.479 e. The van der Waals surface area contributed by atoms with Gasteiger partial charge in [0.1, 0.15) is 5.69 Å². The van der Waals surface area contributed by atoms with E-state index in [0.717, 1.165) is 17.8 Å². The van der Waals surface area contributed by atoms with Crippen molar-refractivity contribution in [1.82, 2.24) is 9.97 Å². The van der Waals surface area contributed by atoms with Gasteiger partial charge in [-0.15, -0.1) is 0 Å². The van der Waals surface area contributed by atoms with E-state index in [1.165, 1.54) is 38.5 Å². The summed E-state index contributed by atoms with van der Waals surface area (Å²) in [5.41, 5.74) is 12.5. The minimum atomic E-state index is 0.147. The number of aromatic nitrogens is 2. The zero-order chi connectivity index (χ0) is 14.6. The Morgan fingerprint density at radius 3 is 2.14 bits per heavy atom. The Morgan fingerprint density at radius 2 is 1.62 bits per heavy atom. The van der Waals surface area contributed by atoms with Gasteiger partial charge in [-0.05, 0) is 56.3 Å². The van der Waals surface area contributed by atoms with Crippen molar-refractivity contribution >= 4 is 17.5 Å². The number of hydrogen-bond donors (Lipinski definition) is 3. The Morgan fingerprint density at radius 1 is 1.05 bits per heavy atom. The van der Waals surface area contributed by atoms with Crippen molar-refractivity contribution in [3.05, 3.63) is 0 Å². The molecule has 0 saturated heterocycles. The Balaban J connectivity index is 1.65. The lowest BCUT2D eigenvalue weighted by Crippen LogP contribution is -2.55. The summed E-state index contributed by atoms with van der Waals surface area (Å²) in [5.74, 6) is 3.80. The SMILES string of the molecule is COc1nc(N)nc(NC23CC4CC(CC(C4)C2)C3)c1N. The summed E-state index contributed by atoms with van der Waals surface area (Å²) >= 11 is 0. The van der Waals surface area contributed by atoms with E-state index < -0.39 is 0 Å². The molecular formula is C15H23N5O. The maximum Gasteiger partial charge on any atom is 0.244 e. The maximum absolute atomic E-state index is 6.12. The first-order valence-electron chi connectivity index (χ1n) is 7.82. The first-order chi connectivity index (χ1) is 10.1. The van der Waals surface area contributed by atoms with Crippen LogP contribution >= 0.6 is 0 Å². The fraction of sp³-hybridized carbons (Fsp3) is 0.733. The molecule has 0 aliphatic heterocycles. The van der Waals surface area contributed by atoms with Crippen LogP contribution in [0.2, 0.25) is 0 Å². The third kappa shape index (κ3) is 2.08. The second-order valence-corrected chi connectivity index (χ2v) is 7.18. The zero-order valence-corrected chi connectivity index (χ0v) is 12.4. The van der Waals surface area contributed by atoms with Gasteiger partial charge in [0.05, 0.1) is 7.11 Å². The smallest absolute Gasteiger partial charge is 0.244 e. The number of nitrogen functional groups attached to an aromatic ring is 2. The van der Waals surface area contributed by atoms with Crippen LogP contribution < -0.4 is 21.5 Å². The van der Waals surface area contributed by atoms with Crippen LogP contribution in [0.4, 0.5) is 17.5 Å². The number of nitrogens with two attached hydrogens (primary N) is 2. The molecular weight excluding hydrogens is 266 g/mol. The lowest BCUT2D eigenvalue weighted by atomic mass is 9.53. The number of anilines is 3. The maximum atomic E-state index is 6.12. The van der Waals surface area contributed by atoms with Gasteiger partial charge in [0.2, 0.25) is 11.8 Å². The highest BCUT2D eigenvalue weighted by molar-refractivity contribution is 5.69. The zero-order valence-electron chi connectivity index (χ0n) is 12.4. The highest BCUT2D eigenvalue weighted by Crippen LogP contribution is 2.56. The molecule has 4 aliphatic rings. The Hall–Kier alpha value is -1.72. The van der Waals surface area contributed by atoms with E-state index in [9.17, 15) is 0 Å². The second kappa shape index (κ2) is 4.39. The van der Waals surface area contributed by atoms with Gasteiger partial charge in [-0.25, -0.2) is 0 Å². The summed E-state index contributed by atoms with van der Waals surface area (Å²) < 4.78 is 5.19. The molecule has 6 heteroatoms. The van der Waals surface area contributed by atoms with Crippen molar-refractivity contribution < 1.29 is 4.74 Å². The summed E-state index contributed by atoms with van der Waals surface area (Å²) in [6.07, 6.45) is 7.91. The average Bonchev–Trinajstić information content (AvgIpc) is 2.40. The number of ether oxygens (including phenoxy) is 1. The largest absolute Gasteiger partial charge is 0.479 e. The molecule has 0 spiro atoms. The first-order valence-corrected chi connectivity index (χ1v) is 7.82. The van der Waals surface area contributed by atoms with Gasteiger partial charge >= 0.3 is 0 Å².